The molecule has 0 saturated heterocycles. The van der Waals surface area contributed by atoms with E-state index in [4.69, 9.17) is 0 Å². The third kappa shape index (κ3) is 1.87. The van der Waals surface area contributed by atoms with Crippen LogP contribution in [0.2, 0.25) is 0 Å². The van der Waals surface area contributed by atoms with Crippen LogP contribution in [-0.4, -0.2) is 5.97 Å². The first-order chi connectivity index (χ1) is 7.65. The summed E-state index contributed by atoms with van der Waals surface area (Å²) in [7, 11) is 0. The Morgan fingerprint density at radius 3 is 2.00 bits per heavy atom. The van der Waals surface area contributed by atoms with Crippen LogP contribution >= 0.6 is 0 Å². The quantitative estimate of drug-likeness (QED) is 0.729. The average Bonchev–Trinajstić information content (AvgIpc) is 2.13. The molecule has 2 nitrogen and oxygen atoms in total. The molecule has 0 aliphatic heterocycles. The lowest BCUT2D eigenvalue weighted by Gasteiger charge is -2.57. The van der Waals surface area contributed by atoms with E-state index in [0.29, 0.717) is 5.41 Å². The molecule has 16 heavy (non-hydrogen) atoms. The zero-order valence-corrected chi connectivity index (χ0v) is 9.91. The molecule has 0 aromatic carbocycles. The molecular weight excluding hydrogens is 200 g/mol. The molecule has 0 unspecified atom stereocenters. The highest BCUT2D eigenvalue weighted by molar-refractivity contribution is 5.64. The van der Waals surface area contributed by atoms with Gasteiger partial charge in [0, 0.05) is 5.97 Å². The van der Waals surface area contributed by atoms with Crippen LogP contribution in [0, 0.1) is 23.2 Å². The van der Waals surface area contributed by atoms with Gasteiger partial charge in [-0.3, -0.25) is 0 Å². The molecule has 0 amide bonds. The standard InChI is InChI=1S/C14H22O2/c15-13(16)2-1-3-14-7-10-4-11(8-14)6-12(5-10)9-14/h10-12H,1-9H2,(H,15,16)/p-1. The van der Waals surface area contributed by atoms with E-state index in [1.54, 1.807) is 0 Å². The zero-order chi connectivity index (χ0) is 11.2. The van der Waals surface area contributed by atoms with Crippen molar-refractivity contribution in [1.29, 1.82) is 0 Å². The normalized spacial score (nSPS) is 44.9. The summed E-state index contributed by atoms with van der Waals surface area (Å²) in [5.74, 6) is 2.07. The molecule has 4 fully saturated rings. The molecule has 0 spiro atoms. The second-order valence-corrected chi connectivity index (χ2v) is 6.64. The molecule has 0 heterocycles. The summed E-state index contributed by atoms with van der Waals surface area (Å²) in [6.45, 7) is 0. The lowest BCUT2D eigenvalue weighted by molar-refractivity contribution is -0.305. The molecule has 0 atom stereocenters. The number of rotatable bonds is 4. The van der Waals surface area contributed by atoms with E-state index in [0.717, 1.165) is 30.6 Å². The van der Waals surface area contributed by atoms with Gasteiger partial charge in [-0.1, -0.05) is 0 Å². The van der Waals surface area contributed by atoms with Gasteiger partial charge in [0.05, 0.1) is 0 Å². The predicted octanol–water partition coefficient (Wildman–Crippen LogP) is 2.12. The molecule has 4 aliphatic carbocycles. The monoisotopic (exact) mass is 221 g/mol. The first kappa shape index (κ1) is 10.6. The van der Waals surface area contributed by atoms with Crippen LogP contribution in [0.4, 0.5) is 0 Å². The number of hydrogen-bond donors (Lipinski definition) is 0. The van der Waals surface area contributed by atoms with Gasteiger partial charge in [-0.05, 0) is 81.0 Å². The first-order valence-corrected chi connectivity index (χ1v) is 6.85. The van der Waals surface area contributed by atoms with Crippen molar-refractivity contribution >= 4 is 5.97 Å². The number of carbonyl (C=O) groups is 1. The maximum atomic E-state index is 10.5. The Hall–Kier alpha value is -0.530. The SMILES string of the molecule is O=C([O-])CCCC12CC3CC(CC(C3)C1)C2. The molecule has 0 N–H and O–H groups in total. The van der Waals surface area contributed by atoms with Crippen LogP contribution in [0.3, 0.4) is 0 Å². The Kier molecular flexibility index (Phi) is 2.49. The third-order valence-electron chi connectivity index (χ3n) is 5.25. The number of hydrogen-bond acceptors (Lipinski definition) is 2. The number of carboxylic acid groups (broad SMARTS) is 1. The topological polar surface area (TPSA) is 40.1 Å². The lowest BCUT2D eigenvalue weighted by atomic mass is 9.48. The van der Waals surface area contributed by atoms with Crippen LogP contribution < -0.4 is 5.11 Å². The van der Waals surface area contributed by atoms with E-state index in [1.807, 2.05) is 0 Å². The smallest absolute Gasteiger partial charge is 0.0414 e. The van der Waals surface area contributed by atoms with Gasteiger partial charge in [0.25, 0.3) is 0 Å². The van der Waals surface area contributed by atoms with Gasteiger partial charge in [-0.25, -0.2) is 0 Å². The van der Waals surface area contributed by atoms with Crippen molar-refractivity contribution < 1.29 is 9.90 Å². The van der Waals surface area contributed by atoms with E-state index in [1.165, 1.54) is 38.5 Å². The minimum atomic E-state index is -0.871. The fourth-order valence-corrected chi connectivity index (χ4v) is 5.20. The Labute approximate surface area is 97.4 Å². The van der Waals surface area contributed by atoms with E-state index in [-0.39, 0.29) is 6.42 Å². The molecule has 0 aromatic heterocycles. The molecule has 4 saturated carbocycles. The molecular formula is C14H21O2-. The van der Waals surface area contributed by atoms with E-state index in [9.17, 15) is 9.90 Å². The summed E-state index contributed by atoms with van der Waals surface area (Å²) in [6.07, 6.45) is 10.9. The van der Waals surface area contributed by atoms with Gasteiger partial charge in [-0.2, -0.15) is 0 Å². The highest BCUT2D eigenvalue weighted by Gasteiger charge is 2.50. The largest absolute Gasteiger partial charge is 0.550 e. The Morgan fingerprint density at radius 2 is 1.56 bits per heavy atom. The minimum Gasteiger partial charge on any atom is -0.550 e. The zero-order valence-electron chi connectivity index (χ0n) is 9.91. The summed E-state index contributed by atoms with van der Waals surface area (Å²) in [4.78, 5) is 10.5. The van der Waals surface area contributed by atoms with E-state index >= 15 is 0 Å². The highest BCUT2D eigenvalue weighted by atomic mass is 16.4. The molecule has 4 aliphatic rings. The van der Waals surface area contributed by atoms with Gasteiger partial charge < -0.3 is 9.90 Å². The van der Waals surface area contributed by atoms with Crippen molar-refractivity contribution in [2.45, 2.75) is 57.8 Å². The highest BCUT2D eigenvalue weighted by Crippen LogP contribution is 2.61. The van der Waals surface area contributed by atoms with Gasteiger partial charge in [0.15, 0.2) is 0 Å². The number of carboxylic acids is 1. The maximum absolute atomic E-state index is 10.5. The second-order valence-electron chi connectivity index (χ2n) is 6.64. The first-order valence-electron chi connectivity index (χ1n) is 6.85. The summed E-state index contributed by atoms with van der Waals surface area (Å²) >= 11 is 0. The van der Waals surface area contributed by atoms with Gasteiger partial charge in [0.1, 0.15) is 0 Å². The van der Waals surface area contributed by atoms with Gasteiger partial charge >= 0.3 is 0 Å². The van der Waals surface area contributed by atoms with Crippen molar-refractivity contribution in [3.63, 3.8) is 0 Å². The Balaban J connectivity index is 1.62. The molecule has 4 bridgehead atoms. The van der Waals surface area contributed by atoms with Crippen LogP contribution in [0.1, 0.15) is 57.8 Å². The number of aliphatic carboxylic acids is 1. The molecule has 0 radical (unpaired) electrons. The maximum Gasteiger partial charge on any atom is 0.0414 e. The average molecular weight is 221 g/mol. The fraction of sp³-hybridized carbons (Fsp3) is 0.929. The predicted molar refractivity (Wildman–Crippen MR) is 59.5 cm³/mol. The Bertz CT molecular complexity index is 260. The van der Waals surface area contributed by atoms with Crippen molar-refractivity contribution in [3.05, 3.63) is 0 Å². The number of carbonyl (C=O) groups excluding carboxylic acids is 1. The second kappa shape index (κ2) is 3.75. The Morgan fingerprint density at radius 1 is 1.06 bits per heavy atom. The van der Waals surface area contributed by atoms with Crippen LogP contribution in [0.25, 0.3) is 0 Å². The van der Waals surface area contributed by atoms with Gasteiger partial charge in [0.2, 0.25) is 0 Å². The van der Waals surface area contributed by atoms with Crippen molar-refractivity contribution in [3.8, 4) is 0 Å². The molecule has 2 heteroatoms. The van der Waals surface area contributed by atoms with Crippen LogP contribution in [0.15, 0.2) is 0 Å². The van der Waals surface area contributed by atoms with Crippen molar-refractivity contribution in [1.82, 2.24) is 0 Å². The van der Waals surface area contributed by atoms with Crippen LogP contribution in [0.5, 0.6) is 0 Å². The minimum absolute atomic E-state index is 0.266. The van der Waals surface area contributed by atoms with Crippen molar-refractivity contribution in [2.24, 2.45) is 23.2 Å². The molecule has 4 rings (SSSR count). The van der Waals surface area contributed by atoms with Crippen LogP contribution in [-0.2, 0) is 4.79 Å². The molecule has 0 aromatic rings. The summed E-state index contributed by atoms with van der Waals surface area (Å²) in [5.41, 5.74) is 0.546. The summed E-state index contributed by atoms with van der Waals surface area (Å²) in [6, 6.07) is 0. The third-order valence-corrected chi connectivity index (χ3v) is 5.25. The molecule has 90 valence electrons. The summed E-state index contributed by atoms with van der Waals surface area (Å²) in [5, 5.41) is 10.5. The summed E-state index contributed by atoms with van der Waals surface area (Å²) < 4.78 is 0. The fourth-order valence-electron chi connectivity index (χ4n) is 5.20. The van der Waals surface area contributed by atoms with Crippen molar-refractivity contribution in [2.75, 3.05) is 0 Å². The van der Waals surface area contributed by atoms with E-state index in [2.05, 4.69) is 0 Å². The lowest BCUT2D eigenvalue weighted by Crippen LogP contribution is -2.46. The van der Waals surface area contributed by atoms with E-state index < -0.39 is 5.97 Å². The van der Waals surface area contributed by atoms with Gasteiger partial charge in [-0.15, -0.1) is 0 Å².